The second kappa shape index (κ2) is 13.4. The van der Waals surface area contributed by atoms with E-state index in [1.165, 1.54) is 55.7 Å². The minimum atomic E-state index is -0.891. The molecule has 2 N–H and O–H groups in total. The molecular formula is C36H32F2N6O6S. The summed E-state index contributed by atoms with van der Waals surface area (Å²) in [5.41, 5.74) is 4.09. The molecule has 0 aliphatic rings. The molecule has 0 unspecified atom stereocenters. The molecule has 51 heavy (non-hydrogen) atoms. The first kappa shape index (κ1) is 34.9. The zero-order valence-electron chi connectivity index (χ0n) is 28.2. The molecule has 4 heterocycles. The van der Waals surface area contributed by atoms with E-state index in [4.69, 9.17) is 15.2 Å². The van der Waals surface area contributed by atoms with Gasteiger partial charge in [-0.1, -0.05) is 18.2 Å². The summed E-state index contributed by atoms with van der Waals surface area (Å²) in [6.45, 7) is 4.37. The van der Waals surface area contributed by atoms with Crippen LogP contribution < -0.4 is 21.7 Å². The molecule has 6 aromatic rings. The number of hydrogen-bond donors (Lipinski definition) is 1. The number of rotatable bonds is 8. The fourth-order valence-corrected chi connectivity index (χ4v) is 7.02. The molecule has 0 spiro atoms. The Balaban J connectivity index is 1.73. The Labute approximate surface area is 293 Å². The summed E-state index contributed by atoms with van der Waals surface area (Å²) in [6.07, 6.45) is 2.08. The summed E-state index contributed by atoms with van der Waals surface area (Å²) < 4.78 is 43.0. The van der Waals surface area contributed by atoms with E-state index in [-0.39, 0.29) is 33.9 Å². The van der Waals surface area contributed by atoms with Crippen LogP contribution in [0.5, 0.6) is 5.88 Å². The van der Waals surface area contributed by atoms with E-state index >= 15 is 8.78 Å². The summed E-state index contributed by atoms with van der Waals surface area (Å²) in [6, 6.07) is 12.8. The Morgan fingerprint density at radius 1 is 0.980 bits per heavy atom. The van der Waals surface area contributed by atoms with Crippen molar-refractivity contribution in [1.29, 1.82) is 0 Å². The number of hydrogen-bond acceptors (Lipinski definition) is 9. The highest BCUT2D eigenvalue weighted by Gasteiger charge is 2.29. The van der Waals surface area contributed by atoms with Crippen molar-refractivity contribution in [3.8, 4) is 22.0 Å². The van der Waals surface area contributed by atoms with E-state index in [2.05, 4.69) is 9.97 Å². The summed E-state index contributed by atoms with van der Waals surface area (Å²) >= 11 is 1.02. The molecule has 2 aromatic carbocycles. The number of aromatic nitrogens is 4. The van der Waals surface area contributed by atoms with E-state index in [1.54, 1.807) is 39.0 Å². The van der Waals surface area contributed by atoms with Crippen LogP contribution >= 0.6 is 11.3 Å². The Morgan fingerprint density at radius 2 is 1.71 bits per heavy atom. The van der Waals surface area contributed by atoms with Crippen molar-refractivity contribution < 1.29 is 27.8 Å². The summed E-state index contributed by atoms with van der Waals surface area (Å²) in [5, 5.41) is 0.504. The molecule has 0 aliphatic heterocycles. The van der Waals surface area contributed by atoms with Crippen LogP contribution in [0.4, 0.5) is 13.6 Å². The van der Waals surface area contributed by atoms with Crippen LogP contribution in [0.1, 0.15) is 42.3 Å². The van der Waals surface area contributed by atoms with Gasteiger partial charge < -0.3 is 20.1 Å². The lowest BCUT2D eigenvalue weighted by Gasteiger charge is -2.25. The predicted octanol–water partition coefficient (Wildman–Crippen LogP) is 5.63. The van der Waals surface area contributed by atoms with Gasteiger partial charge in [-0.25, -0.2) is 27.9 Å². The first-order chi connectivity index (χ1) is 24.2. The van der Waals surface area contributed by atoms with Crippen LogP contribution in [-0.2, 0) is 17.8 Å². The maximum atomic E-state index is 15.1. The molecular weight excluding hydrogens is 682 g/mol. The van der Waals surface area contributed by atoms with E-state index < -0.39 is 52.6 Å². The monoisotopic (exact) mass is 714 g/mol. The van der Waals surface area contributed by atoms with Crippen molar-refractivity contribution in [2.75, 3.05) is 14.2 Å². The summed E-state index contributed by atoms with van der Waals surface area (Å²) in [5.74, 6) is -2.26. The predicted molar refractivity (Wildman–Crippen MR) is 188 cm³/mol. The van der Waals surface area contributed by atoms with Crippen LogP contribution in [-0.4, -0.2) is 55.8 Å². The molecule has 262 valence electrons. The molecule has 0 saturated carbocycles. The van der Waals surface area contributed by atoms with Crippen LogP contribution in [0.15, 0.2) is 76.6 Å². The molecule has 6 rings (SSSR count). The van der Waals surface area contributed by atoms with Gasteiger partial charge in [0.05, 0.1) is 48.5 Å². The number of methoxy groups -OCH3 is 1. The summed E-state index contributed by atoms with van der Waals surface area (Å²) in [4.78, 5) is 64.9. The minimum absolute atomic E-state index is 0.00796. The number of halogens is 2. The Bertz CT molecular complexity index is 2450. The standard InChI is InChI=1S/C36H32F2N6O6S/c1-36(2,3)50-35(48)42(4)17-24-28-32(46)44(19-11-14-27(49-5)41-16-19)34(47)43(18-23-25(37)9-6-10-26(23)38)33(28)51-30(24)21-12-13-22(31(39)45)29-20(21)8-7-15-40-29/h6-16H,17-18H2,1-5H3,(H2,39,45). The van der Waals surface area contributed by atoms with Gasteiger partial charge in [0, 0.05) is 46.3 Å². The van der Waals surface area contributed by atoms with Gasteiger partial charge in [0.25, 0.3) is 11.5 Å². The Hall–Kier alpha value is -5.96. The maximum Gasteiger partial charge on any atom is 0.410 e. The molecule has 4 aromatic heterocycles. The van der Waals surface area contributed by atoms with Crippen molar-refractivity contribution >= 4 is 44.5 Å². The van der Waals surface area contributed by atoms with Crippen LogP contribution in [0.2, 0.25) is 0 Å². The highest BCUT2D eigenvalue weighted by atomic mass is 32.1. The van der Waals surface area contributed by atoms with Gasteiger partial charge >= 0.3 is 11.8 Å². The molecule has 2 amide bonds. The number of thiophene rings is 1. The van der Waals surface area contributed by atoms with Gasteiger partial charge in [-0.05, 0) is 51.1 Å². The fourth-order valence-electron chi connectivity index (χ4n) is 5.68. The number of carbonyl (C=O) groups is 2. The first-order valence-electron chi connectivity index (χ1n) is 15.6. The highest BCUT2D eigenvalue weighted by molar-refractivity contribution is 7.22. The van der Waals surface area contributed by atoms with Crippen LogP contribution in [0, 0.1) is 11.6 Å². The maximum absolute atomic E-state index is 15.1. The Morgan fingerprint density at radius 3 is 2.33 bits per heavy atom. The minimum Gasteiger partial charge on any atom is -0.481 e. The second-order valence-electron chi connectivity index (χ2n) is 12.6. The number of fused-ring (bicyclic) bond motifs is 2. The van der Waals surface area contributed by atoms with E-state index in [1.807, 2.05) is 0 Å². The second-order valence-corrected chi connectivity index (χ2v) is 13.6. The lowest BCUT2D eigenvalue weighted by atomic mass is 9.99. The van der Waals surface area contributed by atoms with Crippen molar-refractivity contribution in [2.45, 2.75) is 39.5 Å². The topological polar surface area (TPSA) is 152 Å². The number of nitrogens with zero attached hydrogens (tertiary/aromatic N) is 5. The van der Waals surface area contributed by atoms with Gasteiger partial charge in [0.15, 0.2) is 0 Å². The summed E-state index contributed by atoms with van der Waals surface area (Å²) in [7, 11) is 2.90. The molecule has 12 nitrogen and oxygen atoms in total. The highest BCUT2D eigenvalue weighted by Crippen LogP contribution is 2.41. The zero-order valence-corrected chi connectivity index (χ0v) is 29.0. The normalized spacial score (nSPS) is 11.6. The third-order valence-corrected chi connectivity index (χ3v) is 9.31. The average molecular weight is 715 g/mol. The number of pyridine rings is 2. The van der Waals surface area contributed by atoms with Crippen molar-refractivity contribution in [2.24, 2.45) is 5.73 Å². The fraction of sp³-hybridized carbons (Fsp3) is 0.222. The van der Waals surface area contributed by atoms with Gasteiger partial charge in [0.2, 0.25) is 5.88 Å². The number of carbonyl (C=O) groups excluding carboxylic acids is 2. The number of amides is 2. The van der Waals surface area contributed by atoms with Gasteiger partial charge in [-0.15, -0.1) is 11.3 Å². The molecule has 0 radical (unpaired) electrons. The van der Waals surface area contributed by atoms with Gasteiger partial charge in [-0.3, -0.25) is 19.1 Å². The van der Waals surface area contributed by atoms with Crippen molar-refractivity contribution in [3.05, 3.63) is 116 Å². The smallest absolute Gasteiger partial charge is 0.410 e. The lowest BCUT2D eigenvalue weighted by Crippen LogP contribution is -2.39. The number of benzene rings is 2. The number of ether oxygens (including phenoxy) is 2. The van der Waals surface area contributed by atoms with E-state index in [0.29, 0.717) is 26.9 Å². The SMILES string of the molecule is COc1ccc(-n2c(=O)c3c(CN(C)C(=O)OC(C)(C)C)c(-c4ccc(C(N)=O)c5ncccc45)sc3n(Cc3c(F)cccc3F)c2=O)cn1. The van der Waals surface area contributed by atoms with Crippen molar-refractivity contribution in [3.63, 3.8) is 0 Å². The molecule has 0 saturated heterocycles. The van der Waals surface area contributed by atoms with Crippen LogP contribution in [0.3, 0.4) is 0 Å². The number of nitrogens with two attached hydrogens (primary N) is 1. The lowest BCUT2D eigenvalue weighted by molar-refractivity contribution is 0.0286. The van der Waals surface area contributed by atoms with Gasteiger partial charge in [-0.2, -0.15) is 0 Å². The quantitative estimate of drug-likeness (QED) is 0.213. The molecule has 15 heteroatoms. The number of primary amides is 1. The van der Waals surface area contributed by atoms with E-state index in [0.717, 1.165) is 32.6 Å². The largest absolute Gasteiger partial charge is 0.481 e. The molecule has 0 bridgehead atoms. The average Bonchev–Trinajstić information content (AvgIpc) is 3.45. The molecule has 0 fully saturated rings. The first-order valence-corrected chi connectivity index (χ1v) is 16.4. The Kier molecular flexibility index (Phi) is 9.16. The van der Waals surface area contributed by atoms with Gasteiger partial charge in [0.1, 0.15) is 22.1 Å². The molecule has 0 atom stereocenters. The third-order valence-electron chi connectivity index (χ3n) is 8.02. The van der Waals surface area contributed by atoms with Crippen molar-refractivity contribution in [1.82, 2.24) is 24.0 Å². The van der Waals surface area contributed by atoms with E-state index in [9.17, 15) is 19.2 Å². The third kappa shape index (κ3) is 6.55. The molecule has 0 aliphatic carbocycles. The van der Waals surface area contributed by atoms with Crippen LogP contribution in [0.25, 0.3) is 37.2 Å². The zero-order chi connectivity index (χ0) is 36.8.